The van der Waals surface area contributed by atoms with E-state index in [1.165, 1.54) is 0 Å². The molecule has 0 aliphatic heterocycles. The summed E-state index contributed by atoms with van der Waals surface area (Å²) in [6.07, 6.45) is -2.90. The fourth-order valence-corrected chi connectivity index (χ4v) is 0.281. The molecule has 0 saturated heterocycles. The van der Waals surface area contributed by atoms with Crippen molar-refractivity contribution in [2.24, 2.45) is 0 Å². The Bertz CT molecular complexity index is 102. The molecule has 0 aromatic carbocycles. The molecule has 0 aliphatic carbocycles. The molecule has 1 nitrogen and oxygen atoms in total. The Hall–Kier alpha value is -0.320. The van der Waals surface area contributed by atoms with Crippen LogP contribution in [0.4, 0.5) is 17.6 Å². The predicted octanol–water partition coefficient (Wildman–Crippen LogP) is 2.27. The summed E-state index contributed by atoms with van der Waals surface area (Å²) in [5.74, 6) is 0. The molecule has 0 aromatic rings. The molecule has 0 bridgehead atoms. The van der Waals surface area contributed by atoms with Crippen LogP contribution in [0.3, 0.4) is 0 Å². The van der Waals surface area contributed by atoms with E-state index in [0.717, 1.165) is 13.8 Å². The number of hydrogen-bond acceptors (Lipinski definition) is 1. The zero-order chi connectivity index (χ0) is 8.36. The number of hydrogen-bond donors (Lipinski definition) is 0. The van der Waals surface area contributed by atoms with Gasteiger partial charge in [-0.25, -0.2) is 8.78 Å². The SMILES string of the molecule is CC(C)(OC(F)F)C(F)F. The molecule has 0 atom stereocenters. The Morgan fingerprint density at radius 1 is 1.10 bits per heavy atom. The van der Waals surface area contributed by atoms with Crippen molar-refractivity contribution in [3.8, 4) is 0 Å². The fraction of sp³-hybridized carbons (Fsp3) is 1.00. The van der Waals surface area contributed by atoms with Crippen molar-refractivity contribution in [3.05, 3.63) is 0 Å². The lowest BCUT2D eigenvalue weighted by atomic mass is 10.1. The molecule has 0 amide bonds. The van der Waals surface area contributed by atoms with Crippen molar-refractivity contribution in [3.63, 3.8) is 0 Å². The Morgan fingerprint density at radius 2 is 1.50 bits per heavy atom. The second-order valence-electron chi connectivity index (χ2n) is 2.28. The van der Waals surface area contributed by atoms with Gasteiger partial charge in [-0.15, -0.1) is 0 Å². The van der Waals surface area contributed by atoms with E-state index in [4.69, 9.17) is 0 Å². The summed E-state index contributed by atoms with van der Waals surface area (Å²) >= 11 is 0. The van der Waals surface area contributed by atoms with Crippen molar-refractivity contribution in [1.29, 1.82) is 0 Å². The van der Waals surface area contributed by atoms with E-state index in [-0.39, 0.29) is 0 Å². The van der Waals surface area contributed by atoms with Gasteiger partial charge in [0.1, 0.15) is 5.60 Å². The summed E-state index contributed by atoms with van der Waals surface area (Å²) in [4.78, 5) is 0. The van der Waals surface area contributed by atoms with Crippen LogP contribution >= 0.6 is 0 Å². The topological polar surface area (TPSA) is 9.23 Å². The zero-order valence-electron chi connectivity index (χ0n) is 5.57. The molecule has 0 spiro atoms. The first-order chi connectivity index (χ1) is 4.36. The molecule has 0 aromatic heterocycles. The number of halogens is 4. The summed E-state index contributed by atoms with van der Waals surface area (Å²) < 4.78 is 49.7. The molecule has 5 heteroatoms. The number of rotatable bonds is 3. The van der Waals surface area contributed by atoms with Crippen LogP contribution in [0.25, 0.3) is 0 Å². The zero-order valence-corrected chi connectivity index (χ0v) is 5.57. The minimum absolute atomic E-state index is 0.907. The Morgan fingerprint density at radius 3 is 1.60 bits per heavy atom. The van der Waals surface area contributed by atoms with Gasteiger partial charge < -0.3 is 4.74 Å². The van der Waals surface area contributed by atoms with Crippen LogP contribution in [0.1, 0.15) is 13.8 Å². The smallest absolute Gasteiger partial charge is 0.311 e. The highest BCUT2D eigenvalue weighted by Gasteiger charge is 2.33. The van der Waals surface area contributed by atoms with E-state index in [9.17, 15) is 17.6 Å². The maximum Gasteiger partial charge on any atom is 0.346 e. The lowest BCUT2D eigenvalue weighted by Gasteiger charge is -2.22. The van der Waals surface area contributed by atoms with Crippen LogP contribution in [-0.2, 0) is 4.74 Å². The van der Waals surface area contributed by atoms with Crippen molar-refractivity contribution < 1.29 is 22.3 Å². The molecule has 0 N–H and O–H groups in total. The van der Waals surface area contributed by atoms with Crippen molar-refractivity contribution in [2.75, 3.05) is 0 Å². The third-order valence-electron chi connectivity index (χ3n) is 0.918. The standard InChI is InChI=1S/C5H8F4O/c1-5(2,3(6)7)10-4(8)9/h3-4H,1-2H3. The highest BCUT2D eigenvalue weighted by Crippen LogP contribution is 2.21. The molecule has 0 unspecified atom stereocenters. The third kappa shape index (κ3) is 3.00. The Kier molecular flexibility index (Phi) is 3.08. The molecule has 62 valence electrons. The van der Waals surface area contributed by atoms with E-state index in [0.29, 0.717) is 0 Å². The molecular formula is C5H8F4O. The van der Waals surface area contributed by atoms with E-state index in [1.54, 1.807) is 0 Å². The van der Waals surface area contributed by atoms with Gasteiger partial charge in [-0.1, -0.05) is 0 Å². The molecule has 0 aliphatic rings. The fourth-order valence-electron chi connectivity index (χ4n) is 0.281. The second-order valence-corrected chi connectivity index (χ2v) is 2.28. The van der Waals surface area contributed by atoms with Crippen LogP contribution in [-0.4, -0.2) is 18.6 Å². The summed E-state index contributed by atoms with van der Waals surface area (Å²) in [5.41, 5.74) is -2.06. The van der Waals surface area contributed by atoms with Gasteiger partial charge >= 0.3 is 6.61 Å². The van der Waals surface area contributed by atoms with Gasteiger partial charge in [0.25, 0.3) is 6.43 Å². The summed E-state index contributed by atoms with van der Waals surface area (Å²) in [5, 5.41) is 0. The van der Waals surface area contributed by atoms with Gasteiger partial charge in [-0.3, -0.25) is 0 Å². The van der Waals surface area contributed by atoms with Crippen LogP contribution in [0.5, 0.6) is 0 Å². The highest BCUT2D eigenvalue weighted by molar-refractivity contribution is 4.70. The monoisotopic (exact) mass is 160 g/mol. The average Bonchev–Trinajstić information content (AvgIpc) is 1.60. The number of alkyl halides is 4. The Balaban J connectivity index is 3.87. The molecule has 0 rings (SSSR count). The number of ether oxygens (including phenoxy) is 1. The van der Waals surface area contributed by atoms with Crippen molar-refractivity contribution in [1.82, 2.24) is 0 Å². The molecule has 0 saturated carbocycles. The van der Waals surface area contributed by atoms with Crippen LogP contribution < -0.4 is 0 Å². The molecule has 0 heterocycles. The quantitative estimate of drug-likeness (QED) is 0.575. The van der Waals surface area contributed by atoms with Crippen LogP contribution in [0.15, 0.2) is 0 Å². The minimum Gasteiger partial charge on any atom is -0.311 e. The van der Waals surface area contributed by atoms with Crippen LogP contribution in [0.2, 0.25) is 0 Å². The Labute approximate surface area is 56.0 Å². The van der Waals surface area contributed by atoms with Gasteiger partial charge in [-0.05, 0) is 13.8 Å². The van der Waals surface area contributed by atoms with Crippen molar-refractivity contribution in [2.45, 2.75) is 32.5 Å². The summed E-state index contributed by atoms with van der Waals surface area (Å²) in [6.45, 7) is -1.34. The molecular weight excluding hydrogens is 152 g/mol. The van der Waals surface area contributed by atoms with Gasteiger partial charge in [0.2, 0.25) is 0 Å². The van der Waals surface area contributed by atoms with E-state index in [1.807, 2.05) is 0 Å². The second kappa shape index (κ2) is 3.18. The molecule has 10 heavy (non-hydrogen) atoms. The van der Waals surface area contributed by atoms with Gasteiger partial charge in [0.15, 0.2) is 0 Å². The van der Waals surface area contributed by atoms with E-state index in [2.05, 4.69) is 4.74 Å². The summed E-state index contributed by atoms with van der Waals surface area (Å²) in [6, 6.07) is 0. The van der Waals surface area contributed by atoms with Gasteiger partial charge in [0, 0.05) is 0 Å². The maximum atomic E-state index is 11.7. The van der Waals surface area contributed by atoms with Crippen molar-refractivity contribution >= 4 is 0 Å². The first-order valence-electron chi connectivity index (χ1n) is 2.60. The lowest BCUT2D eigenvalue weighted by Crippen LogP contribution is -2.35. The summed E-state index contributed by atoms with van der Waals surface area (Å²) in [7, 11) is 0. The minimum atomic E-state index is -3.15. The van der Waals surface area contributed by atoms with Crippen LogP contribution in [0, 0.1) is 0 Å². The normalized spacial score (nSPS) is 13.2. The lowest BCUT2D eigenvalue weighted by molar-refractivity contribution is -0.233. The first kappa shape index (κ1) is 9.68. The first-order valence-corrected chi connectivity index (χ1v) is 2.60. The van der Waals surface area contributed by atoms with Gasteiger partial charge in [0.05, 0.1) is 0 Å². The third-order valence-corrected chi connectivity index (χ3v) is 0.918. The predicted molar refractivity (Wildman–Crippen MR) is 27.2 cm³/mol. The largest absolute Gasteiger partial charge is 0.346 e. The molecule has 0 fully saturated rings. The highest BCUT2D eigenvalue weighted by atomic mass is 19.3. The molecule has 0 radical (unpaired) electrons. The van der Waals surface area contributed by atoms with Gasteiger partial charge in [-0.2, -0.15) is 8.78 Å². The van der Waals surface area contributed by atoms with E-state index >= 15 is 0 Å². The maximum absolute atomic E-state index is 11.7. The van der Waals surface area contributed by atoms with E-state index < -0.39 is 18.6 Å². The average molecular weight is 160 g/mol.